The minimum atomic E-state index is -3.61. The molecule has 26 heavy (non-hydrogen) atoms. The molecule has 0 aromatic heterocycles. The van der Waals surface area contributed by atoms with Gasteiger partial charge in [0.2, 0.25) is 17.7 Å². The van der Waals surface area contributed by atoms with E-state index in [4.69, 9.17) is 5.73 Å². The molecule has 5 amide bonds. The average Bonchev–Trinajstić information content (AvgIpc) is 3.10. The smallest absolute Gasteiger partial charge is 0.324 e. The highest BCUT2D eigenvalue weighted by molar-refractivity contribution is 7.90. The summed E-state index contributed by atoms with van der Waals surface area (Å²) >= 11 is 0. The van der Waals surface area contributed by atoms with Gasteiger partial charge in [-0.25, -0.2) is 13.2 Å². The van der Waals surface area contributed by atoms with Gasteiger partial charge in [-0.2, -0.15) is 0 Å². The zero-order valence-electron chi connectivity index (χ0n) is 14.8. The number of carbonyl (C=O) groups excluding carboxylic acids is 4. The van der Waals surface area contributed by atoms with Crippen LogP contribution in [0.3, 0.4) is 0 Å². The van der Waals surface area contributed by atoms with Crippen molar-refractivity contribution in [1.29, 1.82) is 0 Å². The fraction of sp³-hybridized carbons (Fsp3) is 0.733. The van der Waals surface area contributed by atoms with Crippen molar-refractivity contribution in [2.75, 3.05) is 25.1 Å². The van der Waals surface area contributed by atoms with Crippen molar-refractivity contribution in [3.8, 4) is 0 Å². The number of sulfone groups is 1. The standard InChI is InChI=1S/C15H24N4O6S/c1-9-6-12(20)19(7-9)15(23)17-10(8-26(2,24)25)14(22)18-5-3-4-11(18)13(16)21/h9-11H,3-8H2,1-2H3,(H2,16,21)(H,17,23)/t9?,10?,11-/m0/s1. The van der Waals surface area contributed by atoms with Gasteiger partial charge in [-0.15, -0.1) is 0 Å². The van der Waals surface area contributed by atoms with Crippen molar-refractivity contribution in [3.05, 3.63) is 0 Å². The third-order valence-electron chi connectivity index (χ3n) is 4.49. The maximum Gasteiger partial charge on any atom is 0.324 e. The molecule has 0 bridgehead atoms. The first kappa shape index (κ1) is 20.1. The molecule has 2 saturated heterocycles. The first-order valence-corrected chi connectivity index (χ1v) is 10.4. The van der Waals surface area contributed by atoms with Crippen LogP contribution >= 0.6 is 0 Å². The van der Waals surface area contributed by atoms with Gasteiger partial charge in [-0.3, -0.25) is 19.3 Å². The van der Waals surface area contributed by atoms with Gasteiger partial charge in [0.05, 0.1) is 5.75 Å². The average molecular weight is 388 g/mol. The van der Waals surface area contributed by atoms with E-state index in [1.807, 2.05) is 6.92 Å². The van der Waals surface area contributed by atoms with Crippen LogP contribution in [-0.4, -0.2) is 79.2 Å². The summed E-state index contributed by atoms with van der Waals surface area (Å²) in [4.78, 5) is 50.7. The van der Waals surface area contributed by atoms with Crippen LogP contribution in [-0.2, 0) is 24.2 Å². The fourth-order valence-electron chi connectivity index (χ4n) is 3.31. The van der Waals surface area contributed by atoms with Gasteiger partial charge in [0.25, 0.3) is 0 Å². The Hall–Kier alpha value is -2.17. The number of rotatable bonds is 5. The van der Waals surface area contributed by atoms with Gasteiger partial charge < -0.3 is 16.0 Å². The van der Waals surface area contributed by atoms with Gasteiger partial charge in [-0.05, 0) is 18.8 Å². The Bertz CT molecular complexity index is 722. The Balaban J connectivity index is 2.18. The lowest BCUT2D eigenvalue weighted by Crippen LogP contribution is -2.57. The Morgan fingerprint density at radius 1 is 1.35 bits per heavy atom. The van der Waals surface area contributed by atoms with E-state index in [1.165, 1.54) is 4.90 Å². The van der Waals surface area contributed by atoms with Crippen molar-refractivity contribution < 1.29 is 27.6 Å². The van der Waals surface area contributed by atoms with Crippen LogP contribution < -0.4 is 11.1 Å². The van der Waals surface area contributed by atoms with Crippen LogP contribution in [0.5, 0.6) is 0 Å². The summed E-state index contributed by atoms with van der Waals surface area (Å²) < 4.78 is 23.4. The van der Waals surface area contributed by atoms with Crippen LogP contribution in [0.2, 0.25) is 0 Å². The van der Waals surface area contributed by atoms with Crippen molar-refractivity contribution in [3.63, 3.8) is 0 Å². The molecule has 2 aliphatic rings. The molecule has 2 unspecified atom stereocenters. The predicted octanol–water partition coefficient (Wildman–Crippen LogP) is -1.55. The second-order valence-corrected chi connectivity index (χ2v) is 9.18. The molecule has 10 nitrogen and oxygen atoms in total. The van der Waals surface area contributed by atoms with Gasteiger partial charge in [0.15, 0.2) is 0 Å². The number of hydrogen-bond acceptors (Lipinski definition) is 6. The Morgan fingerprint density at radius 2 is 2.00 bits per heavy atom. The summed E-state index contributed by atoms with van der Waals surface area (Å²) in [5.74, 6) is -2.38. The molecular weight excluding hydrogens is 364 g/mol. The molecule has 0 spiro atoms. The zero-order chi connectivity index (χ0) is 19.6. The number of carbonyl (C=O) groups is 4. The van der Waals surface area contributed by atoms with E-state index in [0.717, 1.165) is 11.2 Å². The van der Waals surface area contributed by atoms with Crippen molar-refractivity contribution >= 4 is 33.6 Å². The van der Waals surface area contributed by atoms with Crippen LogP contribution in [0.1, 0.15) is 26.2 Å². The first-order chi connectivity index (χ1) is 12.0. The van der Waals surface area contributed by atoms with Gasteiger partial charge in [0, 0.05) is 25.8 Å². The molecule has 11 heteroatoms. The number of primary amides is 1. The highest BCUT2D eigenvalue weighted by atomic mass is 32.2. The largest absolute Gasteiger partial charge is 0.368 e. The van der Waals surface area contributed by atoms with Gasteiger partial charge in [0.1, 0.15) is 21.9 Å². The van der Waals surface area contributed by atoms with Crippen LogP contribution in [0.4, 0.5) is 4.79 Å². The molecule has 0 saturated carbocycles. The summed E-state index contributed by atoms with van der Waals surface area (Å²) in [5.41, 5.74) is 5.30. The zero-order valence-corrected chi connectivity index (χ0v) is 15.6. The third kappa shape index (κ3) is 4.71. The van der Waals surface area contributed by atoms with E-state index in [1.54, 1.807) is 0 Å². The molecule has 2 rings (SSSR count). The molecule has 0 radical (unpaired) electrons. The Labute approximate surface area is 152 Å². The van der Waals surface area contributed by atoms with Crippen LogP contribution in [0.15, 0.2) is 0 Å². The molecular formula is C15H24N4O6S. The molecule has 3 atom stereocenters. The lowest BCUT2D eigenvalue weighted by atomic mass is 10.2. The lowest BCUT2D eigenvalue weighted by Gasteiger charge is -2.28. The predicted molar refractivity (Wildman–Crippen MR) is 91.5 cm³/mol. The maximum atomic E-state index is 12.8. The number of nitrogens with zero attached hydrogens (tertiary/aromatic N) is 2. The number of hydrogen-bond donors (Lipinski definition) is 2. The van der Waals surface area contributed by atoms with E-state index < -0.39 is 45.5 Å². The van der Waals surface area contributed by atoms with Gasteiger partial charge >= 0.3 is 6.03 Å². The second-order valence-electron chi connectivity index (χ2n) is 7.00. The molecule has 2 heterocycles. The highest BCUT2D eigenvalue weighted by Gasteiger charge is 2.39. The number of imide groups is 1. The Kier molecular flexibility index (Phi) is 5.89. The second kappa shape index (κ2) is 7.60. The maximum absolute atomic E-state index is 12.8. The van der Waals surface area contributed by atoms with Crippen molar-refractivity contribution in [2.45, 2.75) is 38.3 Å². The van der Waals surface area contributed by atoms with Crippen LogP contribution in [0, 0.1) is 5.92 Å². The summed E-state index contributed by atoms with van der Waals surface area (Å²) in [7, 11) is -3.61. The number of nitrogens with one attached hydrogen (secondary N) is 1. The summed E-state index contributed by atoms with van der Waals surface area (Å²) in [6.07, 6.45) is 2.11. The van der Waals surface area contributed by atoms with Crippen LogP contribution in [0.25, 0.3) is 0 Å². The van der Waals surface area contributed by atoms with E-state index in [9.17, 15) is 27.6 Å². The fourth-order valence-corrected chi connectivity index (χ4v) is 4.14. The quantitative estimate of drug-likeness (QED) is 0.583. The lowest BCUT2D eigenvalue weighted by molar-refractivity contribution is -0.138. The number of urea groups is 1. The number of likely N-dealkylation sites (tertiary alicyclic amines) is 2. The molecule has 2 fully saturated rings. The summed E-state index contributed by atoms with van der Waals surface area (Å²) in [5, 5.41) is 2.35. The van der Waals surface area contributed by atoms with E-state index in [2.05, 4.69) is 5.32 Å². The van der Waals surface area contributed by atoms with E-state index in [-0.39, 0.29) is 31.3 Å². The monoisotopic (exact) mass is 388 g/mol. The number of amides is 5. The molecule has 0 aromatic rings. The Morgan fingerprint density at radius 3 is 2.50 bits per heavy atom. The summed E-state index contributed by atoms with van der Waals surface area (Å²) in [6.45, 7) is 2.27. The number of nitrogens with two attached hydrogens (primary N) is 1. The van der Waals surface area contributed by atoms with Crippen molar-refractivity contribution in [1.82, 2.24) is 15.1 Å². The van der Waals surface area contributed by atoms with E-state index in [0.29, 0.717) is 12.8 Å². The minimum absolute atomic E-state index is 0.00451. The topological polar surface area (TPSA) is 147 Å². The SMILES string of the molecule is CC1CC(=O)N(C(=O)NC(CS(C)(=O)=O)C(=O)N2CCC[C@H]2C(N)=O)C1. The minimum Gasteiger partial charge on any atom is -0.368 e. The first-order valence-electron chi connectivity index (χ1n) is 8.38. The summed E-state index contributed by atoms with van der Waals surface area (Å²) in [6, 6.07) is -3.02. The third-order valence-corrected chi connectivity index (χ3v) is 5.43. The van der Waals surface area contributed by atoms with Gasteiger partial charge in [-0.1, -0.05) is 6.92 Å². The van der Waals surface area contributed by atoms with Crippen molar-refractivity contribution in [2.24, 2.45) is 11.7 Å². The molecule has 2 aliphatic heterocycles. The molecule has 0 aliphatic carbocycles. The van der Waals surface area contributed by atoms with E-state index >= 15 is 0 Å². The molecule has 3 N–H and O–H groups in total. The molecule has 0 aromatic carbocycles. The normalized spacial score (nSPS) is 24.6. The molecule has 146 valence electrons. The highest BCUT2D eigenvalue weighted by Crippen LogP contribution is 2.20.